The molecule has 0 fully saturated rings. The van der Waals surface area contributed by atoms with Crippen LogP contribution >= 0.6 is 0 Å². The first kappa shape index (κ1) is 14.1. The Balaban J connectivity index is 2.43. The molecule has 1 heterocycles. The molecule has 1 unspecified atom stereocenters. The Morgan fingerprint density at radius 3 is 2.95 bits per heavy atom. The lowest BCUT2D eigenvalue weighted by atomic mass is 9.39. The maximum Gasteiger partial charge on any atom is 0.310 e. The van der Waals surface area contributed by atoms with E-state index in [0.717, 1.165) is 5.47 Å². The Kier molecular flexibility index (Phi) is 4.06. The third-order valence-corrected chi connectivity index (χ3v) is 3.36. The Labute approximate surface area is 116 Å². The molecule has 0 saturated heterocycles. The molecule has 0 saturated carbocycles. The molecule has 0 aromatic heterocycles. The van der Waals surface area contributed by atoms with Gasteiger partial charge in [-0.05, 0) is 30.4 Å². The summed E-state index contributed by atoms with van der Waals surface area (Å²) in [5, 5.41) is 29.6. The van der Waals surface area contributed by atoms with E-state index in [9.17, 15) is 15.2 Å². The third-order valence-electron chi connectivity index (χ3n) is 3.36. The second kappa shape index (κ2) is 5.76. The summed E-state index contributed by atoms with van der Waals surface area (Å²) < 4.78 is 5.03. The Morgan fingerprint density at radius 1 is 1.60 bits per heavy atom. The van der Waals surface area contributed by atoms with Gasteiger partial charge in [-0.1, -0.05) is 11.5 Å². The van der Waals surface area contributed by atoms with E-state index in [1.807, 2.05) is 6.08 Å². The van der Waals surface area contributed by atoms with Gasteiger partial charge in [0.05, 0.1) is 18.1 Å². The maximum atomic E-state index is 10.9. The quantitative estimate of drug-likeness (QED) is 0.514. The van der Waals surface area contributed by atoms with Crippen molar-refractivity contribution in [1.29, 1.82) is 5.26 Å². The van der Waals surface area contributed by atoms with Crippen LogP contribution in [-0.2, 0) is 0 Å². The van der Waals surface area contributed by atoms with Crippen LogP contribution in [0.2, 0.25) is 6.32 Å². The Hall–Kier alpha value is -2.33. The number of hydrogen-bond acceptors (Lipinski definition) is 5. The zero-order valence-electron chi connectivity index (χ0n) is 10.9. The first-order valence-electron chi connectivity index (χ1n) is 6.17. The predicted molar refractivity (Wildman–Crippen MR) is 74.4 cm³/mol. The molecule has 102 valence electrons. The molecule has 2 rings (SSSR count). The zero-order valence-corrected chi connectivity index (χ0v) is 10.9. The highest BCUT2D eigenvalue weighted by Crippen LogP contribution is 2.33. The summed E-state index contributed by atoms with van der Waals surface area (Å²) in [6.07, 6.45) is 2.15. The van der Waals surface area contributed by atoms with Crippen molar-refractivity contribution < 1.29 is 14.8 Å². The number of nitro benzene ring substituents is 1. The van der Waals surface area contributed by atoms with Crippen LogP contribution in [-0.4, -0.2) is 30.0 Å². The van der Waals surface area contributed by atoms with Gasteiger partial charge in [-0.2, -0.15) is 0 Å². The molecular formula is C13H13BN2O4. The molecule has 0 bridgehead atoms. The highest BCUT2D eigenvalue weighted by atomic mass is 16.6. The molecule has 6 nitrogen and oxygen atoms in total. The normalized spacial score (nSPS) is 18.1. The summed E-state index contributed by atoms with van der Waals surface area (Å²) in [6, 6.07) is 4.54. The van der Waals surface area contributed by atoms with Crippen molar-refractivity contribution in [2.75, 3.05) is 7.11 Å². The van der Waals surface area contributed by atoms with Gasteiger partial charge in [0.25, 0.3) is 0 Å². The van der Waals surface area contributed by atoms with Crippen LogP contribution in [0.5, 0.6) is 5.75 Å². The van der Waals surface area contributed by atoms with Crippen LogP contribution < -0.4 is 4.74 Å². The van der Waals surface area contributed by atoms with E-state index in [2.05, 4.69) is 5.97 Å². The second-order valence-electron chi connectivity index (χ2n) is 4.61. The summed E-state index contributed by atoms with van der Waals surface area (Å²) in [7, 11) is 1.37. The monoisotopic (exact) mass is 272 g/mol. The maximum absolute atomic E-state index is 10.9. The lowest BCUT2D eigenvalue weighted by Gasteiger charge is -2.20. The molecule has 7 heteroatoms. The van der Waals surface area contributed by atoms with Gasteiger partial charge in [-0.3, -0.25) is 10.1 Å². The van der Waals surface area contributed by atoms with E-state index in [4.69, 9.17) is 10.00 Å². The van der Waals surface area contributed by atoms with Crippen molar-refractivity contribution >= 4 is 17.9 Å². The predicted octanol–water partition coefficient (Wildman–Crippen LogP) is 1.85. The van der Waals surface area contributed by atoms with Crippen molar-refractivity contribution in [3.63, 3.8) is 0 Å². The summed E-state index contributed by atoms with van der Waals surface area (Å²) in [4.78, 5) is 10.3. The number of benzene rings is 1. The molecule has 0 radical (unpaired) electrons. The number of rotatable bonds is 3. The van der Waals surface area contributed by atoms with Crippen molar-refractivity contribution in [3.8, 4) is 11.7 Å². The second-order valence-corrected chi connectivity index (χ2v) is 4.61. The van der Waals surface area contributed by atoms with Crippen molar-refractivity contribution in [2.45, 2.75) is 18.8 Å². The summed E-state index contributed by atoms with van der Waals surface area (Å²) >= 11 is 0. The molecule has 1 aromatic carbocycles. The van der Waals surface area contributed by atoms with Gasteiger partial charge in [0.15, 0.2) is 5.75 Å². The number of nitrogens with zero attached hydrogens (tertiary/aromatic N) is 2. The number of aliphatic hydroxyl groups is 1. The zero-order chi connectivity index (χ0) is 14.7. The van der Waals surface area contributed by atoms with Gasteiger partial charge in [0.1, 0.15) is 0 Å². The van der Waals surface area contributed by atoms with E-state index in [-0.39, 0.29) is 11.4 Å². The fourth-order valence-electron chi connectivity index (χ4n) is 2.35. The van der Waals surface area contributed by atoms with E-state index in [1.165, 1.54) is 13.2 Å². The van der Waals surface area contributed by atoms with Crippen LogP contribution in [0, 0.1) is 21.3 Å². The minimum absolute atomic E-state index is 0.110. The topological polar surface area (TPSA) is 96.4 Å². The molecule has 0 aliphatic carbocycles. The van der Waals surface area contributed by atoms with Gasteiger partial charge >= 0.3 is 12.4 Å². The Bertz CT molecular complexity index is 609. The fourth-order valence-corrected chi connectivity index (χ4v) is 2.35. The minimum Gasteiger partial charge on any atom is -0.490 e. The molecule has 1 aromatic rings. The number of aliphatic hydroxyl groups excluding tert-OH is 1. The number of nitro groups is 1. The van der Waals surface area contributed by atoms with E-state index < -0.39 is 17.7 Å². The smallest absolute Gasteiger partial charge is 0.310 e. The summed E-state index contributed by atoms with van der Waals surface area (Å²) in [6.45, 7) is -0.412. The summed E-state index contributed by atoms with van der Waals surface area (Å²) in [5.74, 6) is 2.32. The van der Waals surface area contributed by atoms with Crippen LogP contribution in [0.25, 0.3) is 5.47 Å². The molecule has 1 N–H and O–H groups in total. The largest absolute Gasteiger partial charge is 0.490 e. The highest BCUT2D eigenvalue weighted by Gasteiger charge is 2.29. The van der Waals surface area contributed by atoms with Crippen LogP contribution in [0.4, 0.5) is 5.69 Å². The molecule has 20 heavy (non-hydrogen) atoms. The highest BCUT2D eigenvalue weighted by molar-refractivity contribution is 6.85. The molecule has 1 aliphatic heterocycles. The van der Waals surface area contributed by atoms with Gasteiger partial charge in [-0.15, -0.1) is 0 Å². The molecule has 0 spiro atoms. The average Bonchev–Trinajstić information content (AvgIpc) is 2.46. The van der Waals surface area contributed by atoms with Crippen molar-refractivity contribution in [3.05, 3.63) is 40.0 Å². The lowest BCUT2D eigenvalue weighted by molar-refractivity contribution is -0.385. The van der Waals surface area contributed by atoms with Crippen LogP contribution in [0.3, 0.4) is 0 Å². The SMILES string of the molecule is COc1cc(C2=CCC(O)CB2C#N)ccc1[N+](=O)[O-]. The van der Waals surface area contributed by atoms with Crippen LogP contribution in [0.15, 0.2) is 24.3 Å². The Morgan fingerprint density at radius 2 is 2.35 bits per heavy atom. The molecular weight excluding hydrogens is 259 g/mol. The minimum atomic E-state index is -0.511. The van der Waals surface area contributed by atoms with E-state index >= 15 is 0 Å². The molecule has 1 aliphatic rings. The lowest BCUT2D eigenvalue weighted by Crippen LogP contribution is -2.25. The first-order chi connectivity index (χ1) is 9.56. The number of hydrogen-bond donors (Lipinski definition) is 1. The average molecular weight is 272 g/mol. The van der Waals surface area contributed by atoms with Crippen molar-refractivity contribution in [2.24, 2.45) is 0 Å². The van der Waals surface area contributed by atoms with Gasteiger partial charge in [-0.25, -0.2) is 5.26 Å². The molecule has 1 atom stereocenters. The van der Waals surface area contributed by atoms with Crippen LogP contribution in [0.1, 0.15) is 12.0 Å². The van der Waals surface area contributed by atoms with E-state index in [1.54, 1.807) is 12.1 Å². The fraction of sp³-hybridized carbons (Fsp3) is 0.308. The standard InChI is InChI=1S/C13H13BN2O4/c1-20-13-6-9(2-5-12(13)16(18)19)11-4-3-10(17)7-14(11)8-15/h2,4-6,10,17H,3,7H2,1H3. The van der Waals surface area contributed by atoms with Gasteiger partial charge < -0.3 is 9.84 Å². The van der Waals surface area contributed by atoms with Gasteiger partial charge in [0, 0.05) is 12.0 Å². The number of ether oxygens (including phenoxy) is 1. The van der Waals surface area contributed by atoms with E-state index in [0.29, 0.717) is 18.3 Å². The first-order valence-corrected chi connectivity index (χ1v) is 6.17. The van der Waals surface area contributed by atoms with Crippen molar-refractivity contribution in [1.82, 2.24) is 0 Å². The van der Waals surface area contributed by atoms with Gasteiger partial charge in [0.2, 0.25) is 0 Å². The summed E-state index contributed by atoms with van der Waals surface area (Å²) in [5.41, 5.74) is 1.39. The number of methoxy groups -OCH3 is 1. The number of nitriles is 1. The molecule has 0 amide bonds. The third kappa shape index (κ3) is 2.65.